The first-order valence-corrected chi connectivity index (χ1v) is 8.33. The molecule has 3 amide bonds. The molecule has 25 heavy (non-hydrogen) atoms. The molecule has 0 aliphatic carbocycles. The fraction of sp³-hybridized carbons (Fsp3) is 0.588. The SMILES string of the molecule is CC(C)(C)OC(=O)NC1CCN(C(=O)CNC(=O)c2ccco2)CC1. The second-order valence-electron chi connectivity index (χ2n) is 6.96. The minimum atomic E-state index is -0.535. The highest BCUT2D eigenvalue weighted by atomic mass is 16.6. The summed E-state index contributed by atoms with van der Waals surface area (Å²) < 4.78 is 10.2. The van der Waals surface area contributed by atoms with Gasteiger partial charge < -0.3 is 24.7 Å². The molecule has 0 atom stereocenters. The Morgan fingerprint density at radius 2 is 1.96 bits per heavy atom. The van der Waals surface area contributed by atoms with Gasteiger partial charge in [0, 0.05) is 19.1 Å². The van der Waals surface area contributed by atoms with Crippen LogP contribution < -0.4 is 10.6 Å². The Hall–Kier alpha value is -2.51. The van der Waals surface area contributed by atoms with Gasteiger partial charge in [-0.1, -0.05) is 0 Å². The number of amides is 3. The Kier molecular flexibility index (Phi) is 6.06. The van der Waals surface area contributed by atoms with E-state index in [1.807, 2.05) is 20.8 Å². The van der Waals surface area contributed by atoms with Crippen molar-refractivity contribution in [2.75, 3.05) is 19.6 Å². The van der Waals surface area contributed by atoms with E-state index in [9.17, 15) is 14.4 Å². The van der Waals surface area contributed by atoms with Crippen LogP contribution in [0, 0.1) is 0 Å². The molecule has 1 saturated heterocycles. The molecule has 0 saturated carbocycles. The lowest BCUT2D eigenvalue weighted by atomic mass is 10.1. The number of nitrogens with zero attached hydrogens (tertiary/aromatic N) is 1. The van der Waals surface area contributed by atoms with E-state index in [4.69, 9.17) is 9.15 Å². The number of ether oxygens (including phenoxy) is 1. The molecule has 2 N–H and O–H groups in total. The third kappa shape index (κ3) is 6.13. The van der Waals surface area contributed by atoms with E-state index >= 15 is 0 Å². The predicted octanol–water partition coefficient (Wildman–Crippen LogP) is 1.53. The summed E-state index contributed by atoms with van der Waals surface area (Å²) in [6.45, 7) is 6.40. The summed E-state index contributed by atoms with van der Waals surface area (Å²) in [5, 5.41) is 5.36. The average Bonchev–Trinajstić information content (AvgIpc) is 3.05. The lowest BCUT2D eigenvalue weighted by Crippen LogP contribution is -2.49. The maximum atomic E-state index is 12.2. The largest absolute Gasteiger partial charge is 0.459 e. The van der Waals surface area contributed by atoms with Gasteiger partial charge in [-0.15, -0.1) is 0 Å². The lowest BCUT2D eigenvalue weighted by molar-refractivity contribution is -0.131. The highest BCUT2D eigenvalue weighted by Gasteiger charge is 2.26. The van der Waals surface area contributed by atoms with Gasteiger partial charge in [-0.3, -0.25) is 9.59 Å². The highest BCUT2D eigenvalue weighted by molar-refractivity contribution is 5.94. The van der Waals surface area contributed by atoms with E-state index in [2.05, 4.69) is 10.6 Å². The van der Waals surface area contributed by atoms with Gasteiger partial charge in [-0.2, -0.15) is 0 Å². The second kappa shape index (κ2) is 8.04. The van der Waals surface area contributed by atoms with Gasteiger partial charge >= 0.3 is 6.09 Å². The highest BCUT2D eigenvalue weighted by Crippen LogP contribution is 2.12. The molecular formula is C17H25N3O5. The van der Waals surface area contributed by atoms with Crippen molar-refractivity contribution in [3.63, 3.8) is 0 Å². The molecule has 1 aliphatic heterocycles. The van der Waals surface area contributed by atoms with Gasteiger partial charge in [0.15, 0.2) is 5.76 Å². The predicted molar refractivity (Wildman–Crippen MR) is 90.0 cm³/mol. The normalized spacial score (nSPS) is 15.6. The molecule has 2 heterocycles. The molecule has 0 aromatic carbocycles. The molecule has 1 aliphatic rings. The van der Waals surface area contributed by atoms with Crippen LogP contribution in [0.25, 0.3) is 0 Å². The van der Waals surface area contributed by atoms with E-state index in [1.165, 1.54) is 12.3 Å². The first-order chi connectivity index (χ1) is 11.7. The summed E-state index contributed by atoms with van der Waals surface area (Å²) in [6.07, 6.45) is 2.26. The second-order valence-corrected chi connectivity index (χ2v) is 6.96. The Morgan fingerprint density at radius 1 is 1.28 bits per heavy atom. The van der Waals surface area contributed by atoms with E-state index in [-0.39, 0.29) is 24.3 Å². The zero-order valence-corrected chi connectivity index (χ0v) is 14.8. The van der Waals surface area contributed by atoms with Crippen LogP contribution >= 0.6 is 0 Å². The minimum Gasteiger partial charge on any atom is -0.459 e. The van der Waals surface area contributed by atoms with Gasteiger partial charge in [-0.05, 0) is 45.7 Å². The van der Waals surface area contributed by atoms with Gasteiger partial charge in [0.1, 0.15) is 5.60 Å². The standard InChI is InChI=1S/C17H25N3O5/c1-17(2,3)25-16(23)19-12-6-8-20(9-7-12)14(21)11-18-15(22)13-5-4-10-24-13/h4-5,10,12H,6-9,11H2,1-3H3,(H,18,22)(H,19,23). The van der Waals surface area contributed by atoms with Crippen molar-refractivity contribution in [2.24, 2.45) is 0 Å². The first kappa shape index (κ1) is 18.8. The molecule has 138 valence electrons. The van der Waals surface area contributed by atoms with Gasteiger partial charge in [0.2, 0.25) is 5.91 Å². The third-order valence-electron chi connectivity index (χ3n) is 3.71. The topological polar surface area (TPSA) is 101 Å². The van der Waals surface area contributed by atoms with Crippen molar-refractivity contribution in [1.82, 2.24) is 15.5 Å². The molecule has 1 aromatic rings. The number of nitrogens with one attached hydrogen (secondary N) is 2. The van der Waals surface area contributed by atoms with Crippen molar-refractivity contribution < 1.29 is 23.5 Å². The van der Waals surface area contributed by atoms with Crippen LogP contribution in [-0.2, 0) is 9.53 Å². The smallest absolute Gasteiger partial charge is 0.407 e. The van der Waals surface area contributed by atoms with Crippen LogP contribution in [0.5, 0.6) is 0 Å². The Balaban J connectivity index is 1.69. The molecule has 0 spiro atoms. The zero-order chi connectivity index (χ0) is 18.4. The number of alkyl carbamates (subject to hydrolysis) is 1. The molecule has 0 unspecified atom stereocenters. The summed E-state index contributed by atoms with van der Waals surface area (Å²) in [5.74, 6) is -0.400. The molecule has 2 rings (SSSR count). The first-order valence-electron chi connectivity index (χ1n) is 8.33. The van der Waals surface area contributed by atoms with Crippen LogP contribution in [-0.4, -0.2) is 54.1 Å². The average molecular weight is 351 g/mol. The Labute approximate surface area is 146 Å². The number of piperidine rings is 1. The summed E-state index contributed by atoms with van der Waals surface area (Å²) in [4.78, 5) is 37.3. The quantitative estimate of drug-likeness (QED) is 0.857. The van der Waals surface area contributed by atoms with Crippen molar-refractivity contribution in [1.29, 1.82) is 0 Å². The van der Waals surface area contributed by atoms with Crippen molar-refractivity contribution in [3.05, 3.63) is 24.2 Å². The van der Waals surface area contributed by atoms with Crippen LogP contribution in [0.3, 0.4) is 0 Å². The number of hydrogen-bond acceptors (Lipinski definition) is 5. The van der Waals surface area contributed by atoms with Gasteiger partial charge in [0.05, 0.1) is 12.8 Å². The maximum absolute atomic E-state index is 12.2. The number of likely N-dealkylation sites (tertiary alicyclic amines) is 1. The van der Waals surface area contributed by atoms with Crippen molar-refractivity contribution >= 4 is 17.9 Å². The van der Waals surface area contributed by atoms with E-state index in [1.54, 1.807) is 11.0 Å². The van der Waals surface area contributed by atoms with Gasteiger partial charge in [-0.25, -0.2) is 4.79 Å². The Morgan fingerprint density at radius 3 is 2.52 bits per heavy atom. The minimum absolute atomic E-state index is 0.0170. The van der Waals surface area contributed by atoms with Crippen molar-refractivity contribution in [3.8, 4) is 0 Å². The third-order valence-corrected chi connectivity index (χ3v) is 3.71. The summed E-state index contributed by atoms with van der Waals surface area (Å²) in [7, 11) is 0. The van der Waals surface area contributed by atoms with Crippen LogP contribution in [0.15, 0.2) is 22.8 Å². The van der Waals surface area contributed by atoms with Crippen LogP contribution in [0.4, 0.5) is 4.79 Å². The van der Waals surface area contributed by atoms with E-state index < -0.39 is 17.6 Å². The molecule has 1 aromatic heterocycles. The van der Waals surface area contributed by atoms with E-state index in [0.29, 0.717) is 25.9 Å². The Bertz CT molecular complexity index is 598. The molecular weight excluding hydrogens is 326 g/mol. The molecule has 8 nitrogen and oxygen atoms in total. The number of rotatable bonds is 4. The van der Waals surface area contributed by atoms with E-state index in [0.717, 1.165) is 0 Å². The fourth-order valence-corrected chi connectivity index (χ4v) is 2.51. The number of furan rings is 1. The molecule has 0 bridgehead atoms. The maximum Gasteiger partial charge on any atom is 0.407 e. The summed E-state index contributed by atoms with van der Waals surface area (Å²) >= 11 is 0. The van der Waals surface area contributed by atoms with Crippen LogP contribution in [0.2, 0.25) is 0 Å². The number of hydrogen-bond donors (Lipinski definition) is 2. The zero-order valence-electron chi connectivity index (χ0n) is 14.8. The monoisotopic (exact) mass is 351 g/mol. The summed E-state index contributed by atoms with van der Waals surface area (Å²) in [5.41, 5.74) is -0.535. The summed E-state index contributed by atoms with van der Waals surface area (Å²) in [6, 6.07) is 3.13. The molecule has 8 heteroatoms. The fourth-order valence-electron chi connectivity index (χ4n) is 2.51. The molecule has 0 radical (unpaired) electrons. The van der Waals surface area contributed by atoms with Crippen molar-refractivity contribution in [2.45, 2.75) is 45.3 Å². The number of carbonyl (C=O) groups excluding carboxylic acids is 3. The lowest BCUT2D eigenvalue weighted by Gasteiger charge is -2.32. The molecule has 1 fully saturated rings. The van der Waals surface area contributed by atoms with Gasteiger partial charge in [0.25, 0.3) is 5.91 Å². The van der Waals surface area contributed by atoms with Crippen LogP contribution in [0.1, 0.15) is 44.2 Å². The number of carbonyl (C=O) groups is 3.